The monoisotopic (exact) mass is 697 g/mol. The van der Waals surface area contributed by atoms with Crippen molar-refractivity contribution in [2.24, 2.45) is 0 Å². The number of carboxylic acids is 2. The van der Waals surface area contributed by atoms with Crippen LogP contribution in [0.1, 0.15) is 81.5 Å². The van der Waals surface area contributed by atoms with Gasteiger partial charge in [-0.15, -0.1) is 27.3 Å². The van der Waals surface area contributed by atoms with E-state index in [4.69, 9.17) is 15.0 Å². The summed E-state index contributed by atoms with van der Waals surface area (Å²) in [5, 5.41) is 27.6. The summed E-state index contributed by atoms with van der Waals surface area (Å²) in [5.74, 6) is -1.92. The van der Waals surface area contributed by atoms with Gasteiger partial charge in [0.05, 0.1) is 16.7 Å². The molecule has 0 saturated heterocycles. The average molecular weight is 698 g/mol. The second-order valence-corrected chi connectivity index (χ2v) is 12.7. The van der Waals surface area contributed by atoms with Crippen LogP contribution in [0.4, 0.5) is 0 Å². The molecule has 12 heteroatoms. The minimum absolute atomic E-state index is 0. The van der Waals surface area contributed by atoms with Gasteiger partial charge in [0.25, 0.3) is 0 Å². The molecule has 0 saturated carbocycles. The van der Waals surface area contributed by atoms with Crippen molar-refractivity contribution in [1.29, 1.82) is 5.41 Å². The minimum Gasteiger partial charge on any atom is -0.657 e. The first kappa shape index (κ1) is 35.4. The Morgan fingerprint density at radius 2 is 1.46 bits per heavy atom. The number of aryl methyl sites for hydroxylation is 4. The van der Waals surface area contributed by atoms with Crippen LogP contribution in [-0.4, -0.2) is 32.1 Å². The molecular formula is C34H35FeN5O4S2-2. The van der Waals surface area contributed by atoms with Gasteiger partial charge in [0.1, 0.15) is 0 Å². The van der Waals surface area contributed by atoms with Crippen LogP contribution in [0.2, 0.25) is 0 Å². The molecule has 9 nitrogen and oxygen atoms in total. The number of fused-ring (bicyclic) bond motifs is 8. The maximum Gasteiger partial charge on any atom is 2.00 e. The maximum absolute atomic E-state index is 11.6. The van der Waals surface area contributed by atoms with Gasteiger partial charge in [-0.1, -0.05) is 45.7 Å². The fourth-order valence-corrected chi connectivity index (χ4v) is 6.77. The third-order valence-electron chi connectivity index (χ3n) is 8.54. The smallest absolute Gasteiger partial charge is 0.657 e. The number of hydrogen-bond acceptors (Lipinski definition) is 6. The average Bonchev–Trinajstić information content (AvgIpc) is 3.63. The van der Waals surface area contributed by atoms with Gasteiger partial charge in [-0.05, 0) is 62.8 Å². The summed E-state index contributed by atoms with van der Waals surface area (Å²) in [5.41, 5.74) is 11.1. The molecule has 1 aliphatic rings. The standard InChI is InChI=1S/C34H37N5O4S2.Fe/c1-14-20(7-9-28(40)41)33-32(35)34-21(8-10-29(42)43)15(2)23(39-34)12-26-31(19(6)45)17(4)25(37-26)13-27-30(18(5)44)16(3)24(36-27)11-22(14)38-33;/h11-13,18-19H,5-10H2,1-4H3,(H8,35,36,37,38,39,40,41,42,43,44,45);/q-2;+2/p-2/t18-,19-;/m0./s1. The first-order chi connectivity index (χ1) is 21.2. The first-order valence-corrected chi connectivity index (χ1v) is 15.5. The molecule has 0 aromatic carbocycles. The van der Waals surface area contributed by atoms with Gasteiger partial charge in [-0.3, -0.25) is 15.0 Å². The van der Waals surface area contributed by atoms with Crippen molar-refractivity contribution in [2.45, 2.75) is 63.9 Å². The zero-order valence-electron chi connectivity index (χ0n) is 25.9. The molecule has 0 spiro atoms. The maximum atomic E-state index is 11.6. The van der Waals surface area contributed by atoms with Crippen LogP contribution in [0.25, 0.3) is 44.2 Å². The molecule has 8 bridgehead atoms. The van der Waals surface area contributed by atoms with Crippen molar-refractivity contribution < 1.29 is 36.9 Å². The summed E-state index contributed by atoms with van der Waals surface area (Å²) >= 11 is 9.34. The Labute approximate surface area is 288 Å². The van der Waals surface area contributed by atoms with Crippen LogP contribution in [0, 0.1) is 40.0 Å². The van der Waals surface area contributed by atoms with Gasteiger partial charge in [-0.25, -0.2) is 30.2 Å². The summed E-state index contributed by atoms with van der Waals surface area (Å²) in [6.07, 6.45) is 0.0514. The number of H-pyrrole nitrogens is 1. The summed E-state index contributed by atoms with van der Waals surface area (Å²) in [4.78, 5) is 41.4. The van der Waals surface area contributed by atoms with Crippen LogP contribution in [0.5, 0.6) is 0 Å². The van der Waals surface area contributed by atoms with Crippen LogP contribution < -0.4 is 15.3 Å². The Morgan fingerprint density at radius 3 is 2.07 bits per heavy atom. The third kappa shape index (κ3) is 6.53. The van der Waals surface area contributed by atoms with Crippen molar-refractivity contribution in [3.63, 3.8) is 0 Å². The normalized spacial score (nSPS) is 13.6. The SMILES string of the molecule is [CH2-][C@H](S)c1c(C)c2cc3[nH]c(cc4[n-]c(c(CCC(=O)O)c4C)c(=N)c4nc(cc1[n-]2)C(C)=C4CCC(=O)O)c(C)c3[C@H]([CH2-])S.[Fe+2]. The fourth-order valence-electron chi connectivity index (χ4n) is 6.11. The Balaban J connectivity index is 0.00000480. The van der Waals surface area contributed by atoms with Gasteiger partial charge in [0.15, 0.2) is 0 Å². The van der Waals surface area contributed by atoms with E-state index in [2.05, 4.69) is 44.1 Å². The molecule has 4 aromatic rings. The van der Waals surface area contributed by atoms with Crippen LogP contribution in [0.3, 0.4) is 0 Å². The van der Waals surface area contributed by atoms with Gasteiger partial charge >= 0.3 is 29.0 Å². The molecule has 0 unspecified atom stereocenters. The number of aromatic nitrogens is 4. The summed E-state index contributed by atoms with van der Waals surface area (Å²) in [7, 11) is 0. The Bertz CT molecular complexity index is 2110. The number of nitrogens with zero attached hydrogens (tertiary/aromatic N) is 3. The quantitative estimate of drug-likeness (QED) is 0.0688. The number of carboxylic acid groups (broad SMARTS) is 2. The molecule has 4 aromatic heterocycles. The number of rotatable bonds is 8. The number of aromatic amines is 1. The minimum atomic E-state index is -0.963. The zero-order chi connectivity index (χ0) is 32.9. The predicted molar refractivity (Wildman–Crippen MR) is 184 cm³/mol. The van der Waals surface area contributed by atoms with E-state index in [9.17, 15) is 25.2 Å². The number of nitrogens with one attached hydrogen (secondary N) is 2. The van der Waals surface area contributed by atoms with Crippen LogP contribution in [-0.2, 0) is 33.1 Å². The van der Waals surface area contributed by atoms with Crippen molar-refractivity contribution in [3.8, 4) is 0 Å². The van der Waals surface area contributed by atoms with Gasteiger partial charge in [0.2, 0.25) is 0 Å². The van der Waals surface area contributed by atoms with E-state index in [0.717, 1.165) is 49.9 Å². The van der Waals surface area contributed by atoms with Gasteiger partial charge < -0.3 is 39.0 Å². The molecule has 46 heavy (non-hydrogen) atoms. The van der Waals surface area contributed by atoms with Gasteiger partial charge in [0, 0.05) is 23.9 Å². The molecule has 0 radical (unpaired) electrons. The Morgan fingerprint density at radius 1 is 0.870 bits per heavy atom. The molecule has 1 aliphatic heterocycles. The number of thiol groups is 2. The molecular weight excluding hydrogens is 662 g/mol. The molecule has 4 N–H and O–H groups in total. The summed E-state index contributed by atoms with van der Waals surface area (Å²) in [6, 6.07) is 5.69. The summed E-state index contributed by atoms with van der Waals surface area (Å²) < 4.78 is 0. The van der Waals surface area contributed by atoms with Gasteiger partial charge in [-0.2, -0.15) is 0 Å². The van der Waals surface area contributed by atoms with E-state index < -0.39 is 17.2 Å². The third-order valence-corrected chi connectivity index (χ3v) is 9.05. The van der Waals surface area contributed by atoms with E-state index in [1.54, 1.807) is 0 Å². The van der Waals surface area contributed by atoms with E-state index in [-0.39, 0.29) is 53.4 Å². The van der Waals surface area contributed by atoms with Crippen molar-refractivity contribution in [3.05, 3.63) is 82.2 Å². The molecule has 5 heterocycles. The fraction of sp³-hybridized carbons (Fsp3) is 0.294. The predicted octanol–water partition coefficient (Wildman–Crippen LogP) is 6.61. The topological polar surface area (TPSA) is 155 Å². The van der Waals surface area contributed by atoms with E-state index >= 15 is 0 Å². The van der Waals surface area contributed by atoms with Crippen LogP contribution >= 0.6 is 25.3 Å². The first-order valence-electron chi connectivity index (χ1n) is 14.5. The summed E-state index contributed by atoms with van der Waals surface area (Å²) in [6.45, 7) is 16.0. The molecule has 5 rings (SSSR count). The van der Waals surface area contributed by atoms with E-state index in [0.29, 0.717) is 39.1 Å². The van der Waals surface area contributed by atoms with Crippen molar-refractivity contribution >= 4 is 81.4 Å². The van der Waals surface area contributed by atoms with Crippen molar-refractivity contribution in [1.82, 2.24) is 19.9 Å². The second-order valence-electron chi connectivity index (χ2n) is 11.4. The second kappa shape index (κ2) is 13.7. The molecule has 242 valence electrons. The van der Waals surface area contributed by atoms with Crippen molar-refractivity contribution in [2.75, 3.05) is 0 Å². The van der Waals surface area contributed by atoms with E-state index in [1.165, 1.54) is 0 Å². The molecule has 0 fully saturated rings. The van der Waals surface area contributed by atoms with E-state index in [1.807, 2.05) is 45.9 Å². The molecule has 2 atom stereocenters. The molecule has 0 amide bonds. The number of aliphatic carboxylic acids is 2. The number of carbonyl (C=O) groups is 2. The molecule has 0 aliphatic carbocycles. The Kier molecular flexibility index (Phi) is 10.6. The number of hydrogen-bond donors (Lipinski definition) is 6. The zero-order valence-corrected chi connectivity index (χ0v) is 28.8. The largest absolute Gasteiger partial charge is 2.00 e. The number of allylic oxidation sites excluding steroid dienone is 2. The Hall–Kier alpha value is -3.44. The van der Waals surface area contributed by atoms with Crippen LogP contribution in [0.15, 0.2) is 18.2 Å².